The summed E-state index contributed by atoms with van der Waals surface area (Å²) >= 11 is 0. The summed E-state index contributed by atoms with van der Waals surface area (Å²) in [7, 11) is -2.01. The molecular formula is C84H88P4Pd+4. The molecule has 0 N–H and O–H groups in total. The Bertz CT molecular complexity index is 2760. The van der Waals surface area contributed by atoms with E-state index < -0.39 is 31.7 Å². The van der Waals surface area contributed by atoms with Gasteiger partial charge < -0.3 is 0 Å². The Hall–Kier alpha value is -6.98. The van der Waals surface area contributed by atoms with E-state index in [2.05, 4.69) is 364 Å². The maximum Gasteiger partial charge on any atom is 0.0826 e. The molecule has 0 bridgehead atoms. The van der Waals surface area contributed by atoms with Gasteiger partial charge in [0.2, 0.25) is 0 Å². The van der Waals surface area contributed by atoms with E-state index in [0.717, 1.165) is 0 Å². The maximum atomic E-state index is 2.26. The van der Waals surface area contributed by atoms with Gasteiger partial charge in [0.05, 0.1) is 73.9 Å². The third-order valence-corrected chi connectivity index (χ3v) is 26.5. The summed E-state index contributed by atoms with van der Waals surface area (Å²) < 4.78 is 0. The fourth-order valence-corrected chi connectivity index (χ4v) is 22.6. The van der Waals surface area contributed by atoms with Crippen LogP contribution in [-0.4, -0.2) is 0 Å². The average Bonchev–Trinajstić information content (AvgIpc) is 3.73. The van der Waals surface area contributed by atoms with E-state index in [-0.39, 0.29) is 20.4 Å². The summed E-state index contributed by atoms with van der Waals surface area (Å²) in [6, 6.07) is 131. The zero-order valence-corrected chi connectivity index (χ0v) is 57.0. The molecular weight excluding hydrogens is 1240 g/mol. The van der Waals surface area contributed by atoms with Gasteiger partial charge in [-0.25, -0.2) is 0 Å². The number of benzene rings is 12. The molecule has 12 rings (SSSR count). The summed E-state index contributed by atoms with van der Waals surface area (Å²) in [6.07, 6.45) is 14.8. The second kappa shape index (κ2) is 40.6. The SMILES string of the molecule is [Pd].c1ccc(C[PH+](Cc2ccccc2)Cc2ccccc2)cc1.c1ccc(C[PH+](Cc2ccccc2)Cc2ccccc2)cc1.c1ccc(C[PH+](Cc2ccccc2)Cc2ccccc2)cc1.c1ccc(C[PH+](Cc2ccccc2)Cc2ccccc2)cc1. The van der Waals surface area contributed by atoms with Gasteiger partial charge >= 0.3 is 0 Å². The second-order valence-corrected chi connectivity index (χ2v) is 33.2. The van der Waals surface area contributed by atoms with Crippen LogP contribution in [0.1, 0.15) is 66.8 Å². The van der Waals surface area contributed by atoms with Gasteiger partial charge in [-0.3, -0.25) is 0 Å². The largest absolute Gasteiger partial charge is 0.0826 e. The van der Waals surface area contributed by atoms with Crippen molar-refractivity contribution < 1.29 is 20.4 Å². The first-order valence-corrected chi connectivity index (χ1v) is 39.9. The van der Waals surface area contributed by atoms with Crippen LogP contribution in [0.25, 0.3) is 0 Å². The topological polar surface area (TPSA) is 0 Å². The molecule has 0 aliphatic carbocycles. The Morgan fingerprint density at radius 1 is 0.112 bits per heavy atom. The fourth-order valence-electron chi connectivity index (χ4n) is 11.4. The standard InChI is InChI=1S/4C21H21P.Pd/c4*1-4-10-19(11-5-1)16-22(17-20-12-6-2-7-13-20)18-21-14-8-3-9-15-21;/h4*1-15H,16-18H2;/p+4. The minimum absolute atomic E-state index is 0. The van der Waals surface area contributed by atoms with Crippen molar-refractivity contribution in [3.8, 4) is 0 Å². The van der Waals surface area contributed by atoms with Crippen LogP contribution in [0.4, 0.5) is 0 Å². The van der Waals surface area contributed by atoms with Gasteiger partial charge in [0.1, 0.15) is 0 Å². The zero-order valence-electron chi connectivity index (χ0n) is 51.4. The first kappa shape index (κ1) is 67.9. The summed E-state index contributed by atoms with van der Waals surface area (Å²) in [5.74, 6) is 0. The monoisotopic (exact) mass is 1330 g/mol. The van der Waals surface area contributed by atoms with E-state index in [1.165, 1.54) is 141 Å². The molecule has 89 heavy (non-hydrogen) atoms. The van der Waals surface area contributed by atoms with Gasteiger partial charge in [0, 0.05) is 52.1 Å². The molecule has 0 saturated heterocycles. The summed E-state index contributed by atoms with van der Waals surface area (Å²) in [5.41, 5.74) is 17.7. The second-order valence-electron chi connectivity index (χ2n) is 22.9. The molecule has 0 radical (unpaired) electrons. The maximum absolute atomic E-state index is 2.26. The Morgan fingerprint density at radius 3 is 0.247 bits per heavy atom. The first-order valence-electron chi connectivity index (χ1n) is 31.4. The molecule has 5 heteroatoms. The molecule has 0 unspecified atom stereocenters. The van der Waals surface area contributed by atoms with Gasteiger partial charge in [0.15, 0.2) is 0 Å². The van der Waals surface area contributed by atoms with E-state index in [4.69, 9.17) is 0 Å². The Kier molecular flexibility index (Phi) is 31.0. The van der Waals surface area contributed by atoms with Crippen LogP contribution in [0.15, 0.2) is 364 Å². The average molecular weight is 1330 g/mol. The Morgan fingerprint density at radius 2 is 0.180 bits per heavy atom. The molecule has 0 amide bonds. The molecule has 0 saturated carbocycles. The normalized spacial score (nSPS) is 10.7. The molecule has 450 valence electrons. The molecule has 12 aromatic carbocycles. The van der Waals surface area contributed by atoms with Crippen molar-refractivity contribution in [3.05, 3.63) is 431 Å². The molecule has 0 heterocycles. The molecule has 0 fully saturated rings. The van der Waals surface area contributed by atoms with Gasteiger partial charge in [-0.05, 0) is 66.8 Å². The van der Waals surface area contributed by atoms with Crippen LogP contribution in [0.5, 0.6) is 0 Å². The van der Waals surface area contributed by atoms with Gasteiger partial charge in [-0.1, -0.05) is 364 Å². The predicted octanol–water partition coefficient (Wildman–Crippen LogP) is 23.2. The third-order valence-electron chi connectivity index (χ3n) is 15.6. The van der Waals surface area contributed by atoms with Crippen LogP contribution < -0.4 is 0 Å². The van der Waals surface area contributed by atoms with Crippen LogP contribution in [0.3, 0.4) is 0 Å². The predicted molar refractivity (Wildman–Crippen MR) is 395 cm³/mol. The molecule has 12 aromatic rings. The van der Waals surface area contributed by atoms with E-state index in [1.807, 2.05) is 0 Å². The van der Waals surface area contributed by atoms with Crippen molar-refractivity contribution >= 4 is 31.7 Å². The minimum atomic E-state index is -0.502. The van der Waals surface area contributed by atoms with Crippen molar-refractivity contribution in [2.24, 2.45) is 0 Å². The van der Waals surface area contributed by atoms with Crippen LogP contribution >= 0.6 is 31.7 Å². The zero-order chi connectivity index (χ0) is 60.1. The quantitative estimate of drug-likeness (QED) is 0.0418. The van der Waals surface area contributed by atoms with Crippen molar-refractivity contribution in [3.63, 3.8) is 0 Å². The third kappa shape index (κ3) is 26.9. The van der Waals surface area contributed by atoms with E-state index in [9.17, 15) is 0 Å². The summed E-state index contributed by atoms with van der Waals surface area (Å²) in [4.78, 5) is 0. The molecule has 0 aliphatic heterocycles. The van der Waals surface area contributed by atoms with Gasteiger partial charge in [-0.2, -0.15) is 0 Å². The van der Waals surface area contributed by atoms with Crippen molar-refractivity contribution in [2.45, 2.75) is 73.9 Å². The van der Waals surface area contributed by atoms with Gasteiger partial charge in [0.25, 0.3) is 0 Å². The van der Waals surface area contributed by atoms with Crippen molar-refractivity contribution in [1.29, 1.82) is 0 Å². The number of rotatable bonds is 24. The Labute approximate surface area is 552 Å². The van der Waals surface area contributed by atoms with Crippen LogP contribution in [0, 0.1) is 0 Å². The summed E-state index contributed by atoms with van der Waals surface area (Å²) in [5, 5.41) is 0. The Balaban J connectivity index is 0.000000153. The first-order chi connectivity index (χ1) is 43.6. The molecule has 0 aromatic heterocycles. The summed E-state index contributed by atoms with van der Waals surface area (Å²) in [6.45, 7) is 0. The minimum Gasteiger partial charge on any atom is -0.0622 e. The molecule has 0 aliphatic rings. The molecule has 0 nitrogen and oxygen atoms in total. The van der Waals surface area contributed by atoms with Crippen LogP contribution in [-0.2, 0) is 94.4 Å². The van der Waals surface area contributed by atoms with E-state index in [0.29, 0.717) is 0 Å². The van der Waals surface area contributed by atoms with Crippen molar-refractivity contribution in [1.82, 2.24) is 0 Å². The van der Waals surface area contributed by atoms with Crippen molar-refractivity contribution in [2.75, 3.05) is 0 Å². The van der Waals surface area contributed by atoms with Crippen LogP contribution in [0.2, 0.25) is 0 Å². The van der Waals surface area contributed by atoms with E-state index in [1.54, 1.807) is 0 Å². The molecule has 0 atom stereocenters. The van der Waals surface area contributed by atoms with Gasteiger partial charge in [-0.15, -0.1) is 0 Å². The number of hydrogen-bond acceptors (Lipinski definition) is 0. The fraction of sp³-hybridized carbons (Fsp3) is 0.143. The van der Waals surface area contributed by atoms with E-state index >= 15 is 0 Å². The number of hydrogen-bond donors (Lipinski definition) is 0. The smallest absolute Gasteiger partial charge is 0.0622 e. The molecule has 0 spiro atoms.